The summed E-state index contributed by atoms with van der Waals surface area (Å²) in [4.78, 5) is 10.2. The highest BCUT2D eigenvalue weighted by Gasteiger charge is 2.37. The first-order chi connectivity index (χ1) is 11.8. The molecule has 1 saturated heterocycles. The summed E-state index contributed by atoms with van der Waals surface area (Å²) in [7, 11) is -3.91. The third-order valence-corrected chi connectivity index (χ3v) is 7.19. The molecule has 2 aromatic heterocycles. The number of sulfonamides is 1. The predicted octanol–water partition coefficient (Wildman–Crippen LogP) is 2.40. The maximum atomic E-state index is 12.9. The molecule has 11 heteroatoms. The molecular formula is C14H19N5O4S2. The smallest absolute Gasteiger partial charge is 0.315 e. The maximum Gasteiger partial charge on any atom is 0.344 e. The van der Waals surface area contributed by atoms with Crippen molar-refractivity contribution in [3.8, 4) is 0 Å². The summed E-state index contributed by atoms with van der Waals surface area (Å²) in [5.74, 6) is 0.681. The van der Waals surface area contributed by atoms with Gasteiger partial charge >= 0.3 is 5.00 Å². The second kappa shape index (κ2) is 6.81. The Morgan fingerprint density at radius 2 is 2.20 bits per heavy atom. The average molecular weight is 385 g/mol. The quantitative estimate of drug-likeness (QED) is 0.577. The molecule has 25 heavy (non-hydrogen) atoms. The molecule has 1 fully saturated rings. The van der Waals surface area contributed by atoms with Gasteiger partial charge in [-0.15, -0.1) is 10.2 Å². The Balaban J connectivity index is 1.89. The van der Waals surface area contributed by atoms with Crippen LogP contribution in [0.2, 0.25) is 0 Å². The number of nitrogens with zero attached hydrogens (tertiary/aromatic N) is 5. The van der Waals surface area contributed by atoms with Crippen LogP contribution in [0.4, 0.5) is 5.00 Å². The van der Waals surface area contributed by atoms with Gasteiger partial charge in [-0.3, -0.25) is 10.1 Å². The van der Waals surface area contributed by atoms with Crippen LogP contribution in [0, 0.1) is 10.1 Å². The van der Waals surface area contributed by atoms with E-state index in [4.69, 9.17) is 0 Å². The fraction of sp³-hybridized carbons (Fsp3) is 0.571. The molecule has 1 aliphatic heterocycles. The molecule has 0 radical (unpaired) electrons. The summed E-state index contributed by atoms with van der Waals surface area (Å²) in [6.45, 7) is 4.63. The first-order valence-corrected chi connectivity index (χ1v) is 10.3. The van der Waals surface area contributed by atoms with Gasteiger partial charge in [0, 0.05) is 25.0 Å². The number of nitro groups is 1. The van der Waals surface area contributed by atoms with E-state index < -0.39 is 14.9 Å². The number of piperidine rings is 1. The third-order valence-electron chi connectivity index (χ3n) is 4.30. The van der Waals surface area contributed by atoms with E-state index in [1.54, 1.807) is 6.33 Å². The average Bonchev–Trinajstić information content (AvgIpc) is 3.24. The Kier molecular flexibility index (Phi) is 4.89. The van der Waals surface area contributed by atoms with Crippen molar-refractivity contribution in [2.75, 3.05) is 13.1 Å². The number of hydrogen-bond acceptors (Lipinski definition) is 7. The lowest BCUT2D eigenvalue weighted by Crippen LogP contribution is -2.39. The Labute approximate surface area is 149 Å². The van der Waals surface area contributed by atoms with E-state index in [1.165, 1.54) is 15.8 Å². The van der Waals surface area contributed by atoms with Crippen LogP contribution in [0.5, 0.6) is 0 Å². The zero-order chi connectivity index (χ0) is 18.2. The molecule has 0 bridgehead atoms. The van der Waals surface area contributed by atoms with E-state index in [0.29, 0.717) is 13.0 Å². The van der Waals surface area contributed by atoms with Crippen molar-refractivity contribution in [3.63, 3.8) is 0 Å². The number of hydrogen-bond donors (Lipinski definition) is 0. The van der Waals surface area contributed by atoms with Crippen molar-refractivity contribution in [2.45, 2.75) is 43.5 Å². The molecular weight excluding hydrogens is 366 g/mol. The van der Waals surface area contributed by atoms with Crippen molar-refractivity contribution in [1.82, 2.24) is 19.1 Å². The van der Waals surface area contributed by atoms with Crippen LogP contribution in [0.1, 0.15) is 44.5 Å². The van der Waals surface area contributed by atoms with Gasteiger partial charge in [-0.1, -0.05) is 11.3 Å². The maximum absolute atomic E-state index is 12.9. The molecule has 1 aliphatic rings. The fourth-order valence-corrected chi connectivity index (χ4v) is 5.78. The highest BCUT2D eigenvalue weighted by Crippen LogP contribution is 2.35. The van der Waals surface area contributed by atoms with Gasteiger partial charge in [0.25, 0.3) is 10.0 Å². The molecule has 3 heterocycles. The van der Waals surface area contributed by atoms with Crippen molar-refractivity contribution in [3.05, 3.63) is 33.7 Å². The van der Waals surface area contributed by atoms with Gasteiger partial charge in [-0.25, -0.2) is 8.42 Å². The van der Waals surface area contributed by atoms with Crippen molar-refractivity contribution >= 4 is 26.4 Å². The SMILES string of the molecule is CC(C)n1cnnc1[C@H]1CCCN(S(=O)(=O)c2ccsc2[N+](=O)[O-])C1. The van der Waals surface area contributed by atoms with Crippen molar-refractivity contribution < 1.29 is 13.3 Å². The molecule has 0 spiro atoms. The van der Waals surface area contributed by atoms with Gasteiger partial charge in [-0.2, -0.15) is 4.31 Å². The number of aromatic nitrogens is 3. The van der Waals surface area contributed by atoms with Crippen LogP contribution < -0.4 is 0 Å². The third kappa shape index (κ3) is 3.31. The molecule has 0 unspecified atom stereocenters. The molecule has 1 atom stereocenters. The minimum Gasteiger partial charge on any atom is -0.315 e. The molecule has 0 aromatic carbocycles. The summed E-state index contributed by atoms with van der Waals surface area (Å²) in [5, 5.41) is 20.3. The summed E-state index contributed by atoms with van der Waals surface area (Å²) in [6, 6.07) is 1.48. The topological polar surface area (TPSA) is 111 Å². The van der Waals surface area contributed by atoms with Gasteiger partial charge in [-0.05, 0) is 38.1 Å². The van der Waals surface area contributed by atoms with Crippen LogP contribution in [0.15, 0.2) is 22.7 Å². The lowest BCUT2D eigenvalue weighted by molar-refractivity contribution is -0.383. The zero-order valence-electron chi connectivity index (χ0n) is 13.9. The molecule has 0 saturated carbocycles. The number of thiophene rings is 1. The highest BCUT2D eigenvalue weighted by atomic mass is 32.2. The molecule has 136 valence electrons. The highest BCUT2D eigenvalue weighted by molar-refractivity contribution is 7.89. The van der Waals surface area contributed by atoms with Crippen LogP contribution in [-0.4, -0.2) is 45.5 Å². The summed E-state index contributed by atoms with van der Waals surface area (Å²) < 4.78 is 29.1. The van der Waals surface area contributed by atoms with Crippen LogP contribution in [0.25, 0.3) is 0 Å². The van der Waals surface area contributed by atoms with E-state index in [1.807, 2.05) is 18.4 Å². The zero-order valence-corrected chi connectivity index (χ0v) is 15.5. The molecule has 0 N–H and O–H groups in total. The molecule has 0 amide bonds. The lowest BCUT2D eigenvalue weighted by Gasteiger charge is -2.31. The van der Waals surface area contributed by atoms with Gasteiger partial charge in [0.1, 0.15) is 12.2 Å². The monoisotopic (exact) mass is 385 g/mol. The van der Waals surface area contributed by atoms with Crippen molar-refractivity contribution in [1.29, 1.82) is 0 Å². The van der Waals surface area contributed by atoms with Gasteiger partial charge in [0.15, 0.2) is 4.90 Å². The van der Waals surface area contributed by atoms with Gasteiger partial charge in [0.2, 0.25) is 0 Å². The van der Waals surface area contributed by atoms with Crippen LogP contribution >= 0.6 is 11.3 Å². The molecule has 9 nitrogen and oxygen atoms in total. The predicted molar refractivity (Wildman–Crippen MR) is 92.1 cm³/mol. The van der Waals surface area contributed by atoms with Gasteiger partial charge in [0.05, 0.1) is 4.92 Å². The molecule has 0 aliphatic carbocycles. The second-order valence-electron chi connectivity index (χ2n) is 6.24. The lowest BCUT2D eigenvalue weighted by atomic mass is 9.98. The number of rotatable bonds is 5. The van der Waals surface area contributed by atoms with E-state index in [-0.39, 0.29) is 28.4 Å². The summed E-state index contributed by atoms with van der Waals surface area (Å²) in [6.07, 6.45) is 3.13. The Morgan fingerprint density at radius 3 is 2.88 bits per heavy atom. The first-order valence-electron chi connectivity index (χ1n) is 7.93. The minimum atomic E-state index is -3.91. The largest absolute Gasteiger partial charge is 0.344 e. The Hall–Kier alpha value is -1.85. The van der Waals surface area contributed by atoms with E-state index >= 15 is 0 Å². The fourth-order valence-electron chi connectivity index (χ4n) is 3.07. The van der Waals surface area contributed by atoms with E-state index in [9.17, 15) is 18.5 Å². The van der Waals surface area contributed by atoms with Crippen LogP contribution in [-0.2, 0) is 10.0 Å². The first kappa shape index (κ1) is 18.0. The Morgan fingerprint density at radius 1 is 1.44 bits per heavy atom. The normalized spacial score (nSPS) is 19.4. The minimum absolute atomic E-state index is 0.0777. The molecule has 3 rings (SSSR count). The second-order valence-corrected chi connectivity index (χ2v) is 9.04. The Bertz CT molecular complexity index is 873. The van der Waals surface area contributed by atoms with Gasteiger partial charge < -0.3 is 4.57 Å². The molecule has 2 aromatic rings. The van der Waals surface area contributed by atoms with Crippen molar-refractivity contribution in [2.24, 2.45) is 0 Å². The summed E-state index contributed by atoms with van der Waals surface area (Å²) in [5.41, 5.74) is 0. The standard InChI is InChI=1S/C14H19N5O4S2/c1-10(2)18-9-15-16-13(18)11-4-3-6-17(8-11)25(22,23)12-5-7-24-14(12)19(20)21/h5,7,9-11H,3-4,6,8H2,1-2H3/t11-/m0/s1. The van der Waals surface area contributed by atoms with E-state index in [0.717, 1.165) is 23.6 Å². The van der Waals surface area contributed by atoms with Crippen LogP contribution in [0.3, 0.4) is 0 Å². The van der Waals surface area contributed by atoms with E-state index in [2.05, 4.69) is 10.2 Å². The summed E-state index contributed by atoms with van der Waals surface area (Å²) >= 11 is 0.822.